The highest BCUT2D eigenvalue weighted by atomic mass is 16.4. The Morgan fingerprint density at radius 2 is 2.44 bits per heavy atom. The first-order valence-corrected chi connectivity index (χ1v) is 5.44. The lowest BCUT2D eigenvalue weighted by Crippen LogP contribution is -2.38. The van der Waals surface area contributed by atoms with Crippen molar-refractivity contribution in [3.8, 4) is 0 Å². The van der Waals surface area contributed by atoms with E-state index in [1.807, 2.05) is 13.8 Å². The third-order valence-corrected chi connectivity index (χ3v) is 2.96. The molecule has 1 fully saturated rings. The van der Waals surface area contributed by atoms with Crippen molar-refractivity contribution in [2.45, 2.75) is 32.7 Å². The molecule has 1 aliphatic rings. The number of hydrogen-bond acceptors (Lipinski definition) is 4. The highest BCUT2D eigenvalue weighted by Crippen LogP contribution is 2.19. The number of nitrogens with zero attached hydrogens (tertiary/aromatic N) is 1. The quantitative estimate of drug-likeness (QED) is 0.223. The zero-order chi connectivity index (χ0) is 12.2. The second-order valence-electron chi connectivity index (χ2n) is 4.78. The average molecular weight is 228 g/mol. The zero-order valence-electron chi connectivity index (χ0n) is 9.79. The fourth-order valence-electron chi connectivity index (χ4n) is 1.60. The topological polar surface area (TPSA) is 99.7 Å². The molecule has 0 bridgehead atoms. The number of amidine groups is 1. The van der Waals surface area contributed by atoms with Crippen LogP contribution in [0.15, 0.2) is 5.16 Å². The minimum atomic E-state index is -0.336. The number of amides is 1. The van der Waals surface area contributed by atoms with Crippen molar-refractivity contribution in [2.75, 3.05) is 13.1 Å². The van der Waals surface area contributed by atoms with Gasteiger partial charge in [0.1, 0.15) is 5.84 Å². The lowest BCUT2D eigenvalue weighted by atomic mass is 9.88. The van der Waals surface area contributed by atoms with E-state index >= 15 is 0 Å². The van der Waals surface area contributed by atoms with Crippen LogP contribution in [0, 0.1) is 5.41 Å². The van der Waals surface area contributed by atoms with E-state index in [-0.39, 0.29) is 23.2 Å². The molecule has 1 amide bonds. The molecule has 1 saturated heterocycles. The van der Waals surface area contributed by atoms with Crippen LogP contribution in [-0.4, -0.2) is 36.1 Å². The van der Waals surface area contributed by atoms with Crippen molar-refractivity contribution < 1.29 is 10.0 Å². The molecule has 0 radical (unpaired) electrons. The van der Waals surface area contributed by atoms with E-state index in [4.69, 9.17) is 10.9 Å². The van der Waals surface area contributed by atoms with Crippen LogP contribution in [0.2, 0.25) is 0 Å². The molecule has 5 N–H and O–H groups in total. The molecule has 6 heteroatoms. The van der Waals surface area contributed by atoms with Crippen molar-refractivity contribution in [3.05, 3.63) is 0 Å². The summed E-state index contributed by atoms with van der Waals surface area (Å²) < 4.78 is 0. The number of carbonyl (C=O) groups excluding carboxylic acids is 1. The molecule has 6 nitrogen and oxygen atoms in total. The van der Waals surface area contributed by atoms with Gasteiger partial charge in [0.25, 0.3) is 0 Å². The van der Waals surface area contributed by atoms with Gasteiger partial charge in [0, 0.05) is 24.4 Å². The van der Waals surface area contributed by atoms with E-state index in [1.54, 1.807) is 0 Å². The van der Waals surface area contributed by atoms with Crippen LogP contribution in [0.4, 0.5) is 0 Å². The molecule has 1 rings (SSSR count). The minimum Gasteiger partial charge on any atom is -0.409 e. The fraction of sp³-hybridized carbons (Fsp3) is 0.800. The van der Waals surface area contributed by atoms with Gasteiger partial charge >= 0.3 is 0 Å². The van der Waals surface area contributed by atoms with Crippen molar-refractivity contribution >= 4 is 11.7 Å². The molecule has 0 aromatic carbocycles. The average Bonchev–Trinajstić information content (AvgIpc) is 2.62. The number of nitrogens with two attached hydrogens (primary N) is 1. The van der Waals surface area contributed by atoms with E-state index < -0.39 is 0 Å². The van der Waals surface area contributed by atoms with Crippen molar-refractivity contribution in [3.63, 3.8) is 0 Å². The highest BCUT2D eigenvalue weighted by Gasteiger charge is 2.25. The predicted octanol–water partition coefficient (Wildman–Crippen LogP) is -0.373. The monoisotopic (exact) mass is 228 g/mol. The van der Waals surface area contributed by atoms with Gasteiger partial charge in [-0.25, -0.2) is 0 Å². The third-order valence-electron chi connectivity index (χ3n) is 2.96. The smallest absolute Gasteiger partial charge is 0.221 e. The molecule has 92 valence electrons. The first-order chi connectivity index (χ1) is 7.45. The summed E-state index contributed by atoms with van der Waals surface area (Å²) in [5.41, 5.74) is 5.24. The molecule has 0 saturated carbocycles. The van der Waals surface area contributed by atoms with Crippen LogP contribution < -0.4 is 16.4 Å². The second kappa shape index (κ2) is 5.16. The summed E-state index contributed by atoms with van der Waals surface area (Å²) in [6, 6.07) is 0.204. The molecule has 1 unspecified atom stereocenters. The summed E-state index contributed by atoms with van der Waals surface area (Å²) in [5.74, 6) is 0.322. The van der Waals surface area contributed by atoms with Gasteiger partial charge in [-0.3, -0.25) is 4.79 Å². The van der Waals surface area contributed by atoms with Gasteiger partial charge in [0.2, 0.25) is 5.91 Å². The summed E-state index contributed by atoms with van der Waals surface area (Å²) in [6.07, 6.45) is 1.29. The SMILES string of the molecule is CC(C)(CCNC1CNC(=O)C1)C(N)=NO. The molecule has 1 atom stereocenters. The summed E-state index contributed by atoms with van der Waals surface area (Å²) in [7, 11) is 0. The fourth-order valence-corrected chi connectivity index (χ4v) is 1.60. The van der Waals surface area contributed by atoms with E-state index in [1.165, 1.54) is 0 Å². The Labute approximate surface area is 95.3 Å². The highest BCUT2D eigenvalue weighted by molar-refractivity contribution is 5.85. The number of hydrogen-bond donors (Lipinski definition) is 4. The molecule has 16 heavy (non-hydrogen) atoms. The maximum absolute atomic E-state index is 10.9. The molecular weight excluding hydrogens is 208 g/mol. The van der Waals surface area contributed by atoms with Crippen LogP contribution in [0.1, 0.15) is 26.7 Å². The molecular formula is C10H20N4O2. The number of carbonyl (C=O) groups is 1. The number of oxime groups is 1. The van der Waals surface area contributed by atoms with Crippen LogP contribution in [0.25, 0.3) is 0 Å². The lowest BCUT2D eigenvalue weighted by molar-refractivity contribution is -0.119. The third kappa shape index (κ3) is 3.37. The summed E-state index contributed by atoms with van der Waals surface area (Å²) in [5, 5.41) is 17.7. The van der Waals surface area contributed by atoms with Crippen LogP contribution >= 0.6 is 0 Å². The van der Waals surface area contributed by atoms with Crippen molar-refractivity contribution in [1.82, 2.24) is 10.6 Å². The second-order valence-corrected chi connectivity index (χ2v) is 4.78. The summed E-state index contributed by atoms with van der Waals surface area (Å²) >= 11 is 0. The maximum atomic E-state index is 10.9. The molecule has 0 aromatic rings. The number of rotatable bonds is 5. The Kier molecular flexibility index (Phi) is 4.12. The normalized spacial score (nSPS) is 22.2. The van der Waals surface area contributed by atoms with E-state index in [0.29, 0.717) is 13.0 Å². The van der Waals surface area contributed by atoms with Gasteiger partial charge < -0.3 is 21.6 Å². The van der Waals surface area contributed by atoms with Crippen LogP contribution in [-0.2, 0) is 4.79 Å². The summed E-state index contributed by atoms with van der Waals surface area (Å²) in [4.78, 5) is 10.9. The van der Waals surface area contributed by atoms with Crippen LogP contribution in [0.5, 0.6) is 0 Å². The lowest BCUT2D eigenvalue weighted by Gasteiger charge is -2.23. The molecule has 1 heterocycles. The Balaban J connectivity index is 2.27. The Morgan fingerprint density at radius 3 is 2.94 bits per heavy atom. The van der Waals surface area contributed by atoms with Gasteiger partial charge in [-0.2, -0.15) is 0 Å². The van der Waals surface area contributed by atoms with Gasteiger partial charge in [0.05, 0.1) is 0 Å². The van der Waals surface area contributed by atoms with Gasteiger partial charge in [-0.1, -0.05) is 19.0 Å². The first-order valence-electron chi connectivity index (χ1n) is 5.44. The first kappa shape index (κ1) is 12.8. The van der Waals surface area contributed by atoms with Gasteiger partial charge in [0.15, 0.2) is 0 Å². The predicted molar refractivity (Wildman–Crippen MR) is 61.2 cm³/mol. The van der Waals surface area contributed by atoms with E-state index in [0.717, 1.165) is 13.0 Å². The van der Waals surface area contributed by atoms with Gasteiger partial charge in [-0.05, 0) is 13.0 Å². The Morgan fingerprint density at radius 1 is 1.75 bits per heavy atom. The van der Waals surface area contributed by atoms with E-state index in [9.17, 15) is 4.79 Å². The van der Waals surface area contributed by atoms with Gasteiger partial charge in [-0.15, -0.1) is 0 Å². The molecule has 0 spiro atoms. The largest absolute Gasteiger partial charge is 0.409 e. The minimum absolute atomic E-state index is 0.0909. The number of nitrogens with one attached hydrogen (secondary N) is 2. The molecule has 1 aliphatic heterocycles. The Hall–Kier alpha value is -1.30. The molecule has 0 aromatic heterocycles. The van der Waals surface area contributed by atoms with Crippen molar-refractivity contribution in [2.24, 2.45) is 16.3 Å². The standard InChI is InChI=1S/C10H20N4O2/c1-10(2,9(11)14-16)3-4-12-7-5-8(15)13-6-7/h7,12,16H,3-6H2,1-2H3,(H2,11,14)(H,13,15). The van der Waals surface area contributed by atoms with E-state index in [2.05, 4.69) is 15.8 Å². The maximum Gasteiger partial charge on any atom is 0.221 e. The van der Waals surface area contributed by atoms with Crippen LogP contribution in [0.3, 0.4) is 0 Å². The molecule has 0 aliphatic carbocycles. The van der Waals surface area contributed by atoms with Crippen molar-refractivity contribution in [1.29, 1.82) is 0 Å². The Bertz CT molecular complexity index is 289. The zero-order valence-corrected chi connectivity index (χ0v) is 9.79. The summed E-state index contributed by atoms with van der Waals surface area (Å²) in [6.45, 7) is 5.26.